The zero-order valence-electron chi connectivity index (χ0n) is 14.0. The van der Waals surface area contributed by atoms with Gasteiger partial charge >= 0.3 is 0 Å². The summed E-state index contributed by atoms with van der Waals surface area (Å²) in [6, 6.07) is 6.08. The van der Waals surface area contributed by atoms with E-state index in [9.17, 15) is 0 Å². The number of aryl methyl sites for hydroxylation is 3. The molecular weight excluding hydrogens is 338 g/mol. The molecule has 0 radical (unpaired) electrons. The Morgan fingerprint density at radius 1 is 1.29 bits per heavy atom. The van der Waals surface area contributed by atoms with Gasteiger partial charge in [-0.2, -0.15) is 5.10 Å². The number of fused-ring (bicyclic) bond motifs is 1. The molecule has 0 aliphatic heterocycles. The molecule has 0 amide bonds. The SMILES string of the molecule is Cc1cccc(NC(=S)N/N=C\c2c(C)nc3scc(C)n23)c1C. The first-order valence-corrected chi connectivity index (χ1v) is 8.85. The maximum atomic E-state index is 5.32. The number of imidazole rings is 1. The largest absolute Gasteiger partial charge is 0.331 e. The lowest BCUT2D eigenvalue weighted by molar-refractivity contribution is 1.04. The van der Waals surface area contributed by atoms with E-state index in [1.54, 1.807) is 17.6 Å². The zero-order valence-corrected chi connectivity index (χ0v) is 15.7. The third kappa shape index (κ3) is 3.18. The molecule has 7 heteroatoms. The molecule has 3 aromatic rings. The Kier molecular flexibility index (Phi) is 4.64. The Hall–Kier alpha value is -2.25. The fourth-order valence-electron chi connectivity index (χ4n) is 2.47. The predicted octanol–water partition coefficient (Wildman–Crippen LogP) is 3.95. The van der Waals surface area contributed by atoms with Crippen LogP contribution in [0.15, 0.2) is 28.7 Å². The Morgan fingerprint density at radius 2 is 2.08 bits per heavy atom. The van der Waals surface area contributed by atoms with Gasteiger partial charge in [-0.3, -0.25) is 9.83 Å². The maximum Gasteiger partial charge on any atom is 0.194 e. The molecule has 3 rings (SSSR count). The summed E-state index contributed by atoms with van der Waals surface area (Å²) < 4.78 is 2.09. The van der Waals surface area contributed by atoms with Gasteiger partial charge in [-0.05, 0) is 57.1 Å². The minimum atomic E-state index is 0.459. The molecule has 0 unspecified atom stereocenters. The smallest absolute Gasteiger partial charge is 0.194 e. The molecule has 2 N–H and O–H groups in total. The van der Waals surface area contributed by atoms with E-state index in [0.29, 0.717) is 5.11 Å². The van der Waals surface area contributed by atoms with Crippen molar-refractivity contribution in [2.75, 3.05) is 5.32 Å². The number of hydrogen-bond donors (Lipinski definition) is 2. The average molecular weight is 358 g/mol. The molecule has 1 aromatic carbocycles. The van der Waals surface area contributed by atoms with E-state index in [-0.39, 0.29) is 0 Å². The molecule has 5 nitrogen and oxygen atoms in total. The highest BCUT2D eigenvalue weighted by Crippen LogP contribution is 2.19. The molecule has 2 heterocycles. The fourth-order valence-corrected chi connectivity index (χ4v) is 3.55. The molecule has 0 fully saturated rings. The van der Waals surface area contributed by atoms with E-state index in [1.165, 1.54) is 11.1 Å². The van der Waals surface area contributed by atoms with Crippen LogP contribution in [0.3, 0.4) is 0 Å². The number of thiocarbonyl (C=S) groups is 1. The highest BCUT2D eigenvalue weighted by molar-refractivity contribution is 7.80. The number of nitrogens with zero attached hydrogens (tertiary/aromatic N) is 3. The van der Waals surface area contributed by atoms with Crippen LogP contribution in [0.1, 0.15) is 28.2 Å². The number of hydrogen-bond acceptors (Lipinski definition) is 4. The second-order valence-electron chi connectivity index (χ2n) is 5.65. The number of benzene rings is 1. The van der Waals surface area contributed by atoms with E-state index in [2.05, 4.69) is 57.4 Å². The molecule has 124 valence electrons. The van der Waals surface area contributed by atoms with Crippen molar-refractivity contribution in [2.24, 2.45) is 5.10 Å². The average Bonchev–Trinajstić information content (AvgIpc) is 3.04. The van der Waals surface area contributed by atoms with Crippen LogP contribution in [0.2, 0.25) is 0 Å². The van der Waals surface area contributed by atoms with E-state index in [1.807, 2.05) is 19.1 Å². The van der Waals surface area contributed by atoms with Crippen LogP contribution in [0.25, 0.3) is 4.96 Å². The van der Waals surface area contributed by atoms with Crippen LogP contribution in [-0.4, -0.2) is 20.7 Å². The molecule has 0 atom stereocenters. The Bertz CT molecular complexity index is 936. The summed E-state index contributed by atoms with van der Waals surface area (Å²) in [5.74, 6) is 0. The number of nitrogens with one attached hydrogen (secondary N) is 2. The van der Waals surface area contributed by atoms with Crippen molar-refractivity contribution in [1.29, 1.82) is 0 Å². The number of rotatable bonds is 3. The number of aromatic nitrogens is 2. The first kappa shape index (κ1) is 16.6. The van der Waals surface area contributed by atoms with Crippen LogP contribution in [0.4, 0.5) is 5.69 Å². The zero-order chi connectivity index (χ0) is 17.3. The molecule has 0 aliphatic carbocycles. The van der Waals surface area contributed by atoms with Gasteiger partial charge in [-0.25, -0.2) is 4.98 Å². The summed E-state index contributed by atoms with van der Waals surface area (Å²) >= 11 is 6.94. The highest BCUT2D eigenvalue weighted by atomic mass is 32.1. The van der Waals surface area contributed by atoms with Gasteiger partial charge in [0.25, 0.3) is 0 Å². The van der Waals surface area contributed by atoms with Crippen molar-refractivity contribution in [3.63, 3.8) is 0 Å². The Balaban J connectivity index is 1.71. The molecule has 0 aliphatic rings. The van der Waals surface area contributed by atoms with Gasteiger partial charge in [0.05, 0.1) is 17.6 Å². The van der Waals surface area contributed by atoms with Crippen LogP contribution >= 0.6 is 23.6 Å². The lowest BCUT2D eigenvalue weighted by atomic mass is 10.1. The van der Waals surface area contributed by atoms with Crippen LogP contribution in [0.5, 0.6) is 0 Å². The second kappa shape index (κ2) is 6.70. The molecular formula is C17H19N5S2. The molecule has 0 saturated heterocycles. The van der Waals surface area contributed by atoms with Gasteiger partial charge in [0.15, 0.2) is 10.1 Å². The normalized spacial score (nSPS) is 11.3. The standard InChI is InChI=1S/C17H19N5S2/c1-10-6-5-7-14(12(10)3)20-16(23)21-18-8-15-13(4)19-17-22(15)11(2)9-24-17/h5-9H,1-4H3,(H2,20,21,23)/b18-8-. The van der Waals surface area contributed by atoms with Crippen molar-refractivity contribution in [3.8, 4) is 0 Å². The van der Waals surface area contributed by atoms with E-state index < -0.39 is 0 Å². The summed E-state index contributed by atoms with van der Waals surface area (Å²) in [5.41, 5.74) is 9.31. The van der Waals surface area contributed by atoms with Crippen molar-refractivity contribution in [3.05, 3.63) is 51.8 Å². The van der Waals surface area contributed by atoms with Crippen molar-refractivity contribution < 1.29 is 0 Å². The minimum absolute atomic E-state index is 0.459. The molecule has 2 aromatic heterocycles. The molecule has 0 saturated carbocycles. The Morgan fingerprint density at radius 3 is 2.88 bits per heavy atom. The third-order valence-corrected chi connectivity index (χ3v) is 5.10. The summed E-state index contributed by atoms with van der Waals surface area (Å²) in [6.45, 7) is 8.18. The number of hydrazone groups is 1. The monoisotopic (exact) mass is 357 g/mol. The second-order valence-corrected chi connectivity index (χ2v) is 6.89. The Labute approximate surface area is 150 Å². The van der Waals surface area contributed by atoms with Gasteiger partial charge in [-0.1, -0.05) is 12.1 Å². The van der Waals surface area contributed by atoms with Crippen LogP contribution in [0, 0.1) is 27.7 Å². The van der Waals surface area contributed by atoms with Crippen molar-refractivity contribution in [1.82, 2.24) is 14.8 Å². The van der Waals surface area contributed by atoms with Gasteiger partial charge in [0, 0.05) is 16.8 Å². The topological polar surface area (TPSA) is 53.7 Å². The van der Waals surface area contributed by atoms with Gasteiger partial charge < -0.3 is 5.32 Å². The van der Waals surface area contributed by atoms with Gasteiger partial charge in [-0.15, -0.1) is 11.3 Å². The quantitative estimate of drug-likeness (QED) is 0.423. The van der Waals surface area contributed by atoms with E-state index in [4.69, 9.17) is 12.2 Å². The lowest BCUT2D eigenvalue weighted by Gasteiger charge is -2.11. The highest BCUT2D eigenvalue weighted by Gasteiger charge is 2.10. The molecule has 0 bridgehead atoms. The van der Waals surface area contributed by atoms with Crippen LogP contribution in [-0.2, 0) is 0 Å². The first-order chi connectivity index (χ1) is 11.5. The predicted molar refractivity (Wildman–Crippen MR) is 105 cm³/mol. The lowest BCUT2D eigenvalue weighted by Crippen LogP contribution is -2.24. The summed E-state index contributed by atoms with van der Waals surface area (Å²) in [6.07, 6.45) is 1.76. The van der Waals surface area contributed by atoms with E-state index >= 15 is 0 Å². The third-order valence-electron chi connectivity index (χ3n) is 3.96. The molecule has 24 heavy (non-hydrogen) atoms. The van der Waals surface area contributed by atoms with E-state index in [0.717, 1.165) is 27.7 Å². The summed E-state index contributed by atoms with van der Waals surface area (Å²) in [5, 5.41) is 9.98. The minimum Gasteiger partial charge on any atom is -0.331 e. The molecule has 0 spiro atoms. The first-order valence-electron chi connectivity index (χ1n) is 7.57. The van der Waals surface area contributed by atoms with Gasteiger partial charge in [0.1, 0.15) is 0 Å². The fraction of sp³-hybridized carbons (Fsp3) is 0.235. The van der Waals surface area contributed by atoms with Crippen molar-refractivity contribution >= 4 is 45.5 Å². The summed E-state index contributed by atoms with van der Waals surface area (Å²) in [4.78, 5) is 5.51. The maximum absolute atomic E-state index is 5.32. The number of thiazole rings is 1. The van der Waals surface area contributed by atoms with Crippen LogP contribution < -0.4 is 10.7 Å². The summed E-state index contributed by atoms with van der Waals surface area (Å²) in [7, 11) is 0. The number of anilines is 1. The van der Waals surface area contributed by atoms with Crippen molar-refractivity contribution in [2.45, 2.75) is 27.7 Å². The van der Waals surface area contributed by atoms with Gasteiger partial charge in [0.2, 0.25) is 0 Å².